The Kier molecular flexibility index (Phi) is 2.66. The molecule has 0 spiro atoms. The molecule has 22 heavy (non-hydrogen) atoms. The third-order valence-electron chi connectivity index (χ3n) is 5.80. The average molecular weight is 292 g/mol. The highest BCUT2D eigenvalue weighted by Crippen LogP contribution is 2.57. The van der Waals surface area contributed by atoms with Gasteiger partial charge in [-0.05, 0) is 61.3 Å². The summed E-state index contributed by atoms with van der Waals surface area (Å²) in [6.07, 6.45) is 5.20. The van der Waals surface area contributed by atoms with Gasteiger partial charge in [-0.2, -0.15) is 0 Å². The highest BCUT2D eigenvalue weighted by molar-refractivity contribution is 5.65. The van der Waals surface area contributed by atoms with Gasteiger partial charge in [-0.1, -0.05) is 30.3 Å². The van der Waals surface area contributed by atoms with Crippen LogP contribution in [0.15, 0.2) is 52.9 Å². The zero-order valence-corrected chi connectivity index (χ0v) is 12.6. The first-order chi connectivity index (χ1) is 10.8. The predicted octanol–water partition coefficient (Wildman–Crippen LogP) is 5.10. The monoisotopic (exact) mass is 292 g/mol. The van der Waals surface area contributed by atoms with Crippen molar-refractivity contribution in [1.29, 1.82) is 0 Å². The van der Waals surface area contributed by atoms with E-state index >= 15 is 0 Å². The van der Waals surface area contributed by atoms with Crippen LogP contribution in [0.4, 0.5) is 0 Å². The van der Waals surface area contributed by atoms with Gasteiger partial charge >= 0.3 is 0 Å². The smallest absolute Gasteiger partial charge is 0.133 e. The van der Waals surface area contributed by atoms with Crippen LogP contribution in [0, 0.1) is 11.8 Å². The third-order valence-corrected chi connectivity index (χ3v) is 5.80. The zero-order valence-electron chi connectivity index (χ0n) is 12.6. The summed E-state index contributed by atoms with van der Waals surface area (Å²) in [6.45, 7) is 0.654. The minimum atomic E-state index is -0.0816. The number of ether oxygens (including phenoxy) is 1. The van der Waals surface area contributed by atoms with Gasteiger partial charge in [0.1, 0.15) is 11.2 Å². The Labute approximate surface area is 130 Å². The molecule has 5 rings (SSSR count). The van der Waals surface area contributed by atoms with Gasteiger partial charge in [-0.15, -0.1) is 0 Å². The van der Waals surface area contributed by atoms with E-state index in [2.05, 4.69) is 36.4 Å². The number of furan rings is 2. The van der Waals surface area contributed by atoms with Crippen LogP contribution in [-0.2, 0) is 16.9 Å². The summed E-state index contributed by atoms with van der Waals surface area (Å²) in [5, 5.41) is 0. The van der Waals surface area contributed by atoms with E-state index in [1.807, 2.05) is 12.1 Å². The van der Waals surface area contributed by atoms with Crippen molar-refractivity contribution in [1.82, 2.24) is 0 Å². The van der Waals surface area contributed by atoms with Crippen LogP contribution < -0.4 is 0 Å². The summed E-state index contributed by atoms with van der Waals surface area (Å²) >= 11 is 0. The quantitative estimate of drug-likeness (QED) is 0.667. The number of hydrogen-bond acceptors (Lipinski definition) is 2. The highest BCUT2D eigenvalue weighted by Gasteiger charge is 2.52. The predicted molar refractivity (Wildman–Crippen MR) is 85.8 cm³/mol. The summed E-state index contributed by atoms with van der Waals surface area (Å²) in [5.41, 5.74) is 4.40. The summed E-state index contributed by atoms with van der Waals surface area (Å²) in [6, 6.07) is 17.0. The van der Waals surface area contributed by atoms with Gasteiger partial charge in [-0.3, -0.25) is 0 Å². The molecule has 2 saturated carbocycles. The van der Waals surface area contributed by atoms with Gasteiger partial charge in [-0.25, -0.2) is 0 Å². The van der Waals surface area contributed by atoms with E-state index in [4.69, 9.17) is 9.15 Å². The maximum atomic E-state index is 6.63. The number of benzene rings is 2. The van der Waals surface area contributed by atoms with Crippen LogP contribution >= 0.6 is 0 Å². The molecule has 2 fully saturated rings. The molecule has 2 heteroatoms. The summed E-state index contributed by atoms with van der Waals surface area (Å²) in [5.74, 6) is 1.52. The number of rotatable bonds is 4. The van der Waals surface area contributed by atoms with Gasteiger partial charge in [0.25, 0.3) is 0 Å². The van der Waals surface area contributed by atoms with Crippen molar-refractivity contribution in [3.05, 3.63) is 59.7 Å². The third kappa shape index (κ3) is 1.77. The van der Waals surface area contributed by atoms with Gasteiger partial charge < -0.3 is 9.15 Å². The first-order valence-corrected chi connectivity index (χ1v) is 8.34. The molecule has 2 nitrogen and oxygen atoms in total. The molecule has 3 unspecified atom stereocenters. The topological polar surface area (TPSA) is 22.4 Å². The number of fused-ring (bicyclic) bond motifs is 4. The van der Waals surface area contributed by atoms with Crippen LogP contribution in [0.2, 0.25) is 0 Å². The molecular weight excluding hydrogens is 272 g/mol. The summed E-state index contributed by atoms with van der Waals surface area (Å²) < 4.78 is 12.3. The van der Waals surface area contributed by atoms with Gasteiger partial charge in [0.15, 0.2) is 0 Å². The molecule has 2 aliphatic rings. The molecule has 2 aromatic heterocycles. The second-order valence-electron chi connectivity index (χ2n) is 7.00. The first kappa shape index (κ1) is 12.7. The molecule has 2 aliphatic carbocycles. The van der Waals surface area contributed by atoms with E-state index < -0.39 is 0 Å². The molecule has 2 heterocycles. The minimum absolute atomic E-state index is 0.0816. The average Bonchev–Trinajstić information content (AvgIpc) is 3.33. The maximum Gasteiger partial charge on any atom is 0.133 e. The molecule has 0 N–H and O–H groups in total. The lowest BCUT2D eigenvalue weighted by atomic mass is 9.78. The Balaban J connectivity index is 1.48. The van der Waals surface area contributed by atoms with Gasteiger partial charge in [0.05, 0.1) is 12.2 Å². The molecule has 3 atom stereocenters. The Morgan fingerprint density at radius 1 is 1.09 bits per heavy atom. The first-order valence-electron chi connectivity index (χ1n) is 8.34. The fourth-order valence-corrected chi connectivity index (χ4v) is 4.78. The van der Waals surface area contributed by atoms with Crippen LogP contribution in [0.25, 0.3) is 11.2 Å². The standard InChI is InChI=1S/C20H20O2/c1-2-4-16(5-3-1)20(12-14-6-7-17(20)10-14)21-13-15-11-18-8-9-19(15)22-18/h1-5,8-9,11,14,17H,6-7,10,12-13H2. The zero-order chi connectivity index (χ0) is 14.6. The van der Waals surface area contributed by atoms with Crippen molar-refractivity contribution in [2.24, 2.45) is 11.8 Å². The van der Waals surface area contributed by atoms with Crippen molar-refractivity contribution in [2.75, 3.05) is 0 Å². The Morgan fingerprint density at radius 3 is 2.64 bits per heavy atom. The van der Waals surface area contributed by atoms with Crippen molar-refractivity contribution >= 4 is 11.2 Å². The molecule has 112 valence electrons. The Morgan fingerprint density at radius 2 is 2.00 bits per heavy atom. The molecule has 1 aromatic carbocycles. The Bertz CT molecular complexity index is 775. The molecule has 3 aromatic rings. The summed E-state index contributed by atoms with van der Waals surface area (Å²) in [4.78, 5) is 0. The Hall–Kier alpha value is -1.80. The molecular formula is C20H20O2. The van der Waals surface area contributed by atoms with Gasteiger partial charge in [0.2, 0.25) is 0 Å². The van der Waals surface area contributed by atoms with E-state index in [0.717, 1.165) is 17.1 Å². The van der Waals surface area contributed by atoms with E-state index in [-0.39, 0.29) is 5.60 Å². The summed E-state index contributed by atoms with van der Waals surface area (Å²) in [7, 11) is 0. The second kappa shape index (κ2) is 4.60. The molecule has 0 aliphatic heterocycles. The van der Waals surface area contributed by atoms with Gasteiger partial charge in [0, 0.05) is 5.56 Å². The van der Waals surface area contributed by atoms with E-state index in [9.17, 15) is 0 Å². The van der Waals surface area contributed by atoms with Crippen molar-refractivity contribution < 1.29 is 9.15 Å². The lowest BCUT2D eigenvalue weighted by Gasteiger charge is -2.38. The lowest BCUT2D eigenvalue weighted by Crippen LogP contribution is -2.35. The fourth-order valence-electron chi connectivity index (χ4n) is 4.78. The molecule has 0 radical (unpaired) electrons. The lowest BCUT2D eigenvalue weighted by molar-refractivity contribution is -0.0995. The SMILES string of the molecule is c1ccc(C2(OCc3cc4ccc3o4)CC3CCC2C3)cc1. The number of hydrogen-bond donors (Lipinski definition) is 0. The molecule has 4 bridgehead atoms. The normalized spacial score (nSPS) is 30.5. The largest absolute Gasteiger partial charge is 0.457 e. The van der Waals surface area contributed by atoms with E-state index in [1.54, 1.807) is 0 Å². The van der Waals surface area contributed by atoms with Crippen LogP contribution in [0.5, 0.6) is 0 Å². The fraction of sp³-hybridized carbons (Fsp3) is 0.400. The van der Waals surface area contributed by atoms with Crippen molar-refractivity contribution in [3.63, 3.8) is 0 Å². The van der Waals surface area contributed by atoms with Crippen LogP contribution in [-0.4, -0.2) is 0 Å². The maximum absolute atomic E-state index is 6.63. The van der Waals surface area contributed by atoms with Crippen molar-refractivity contribution in [3.8, 4) is 0 Å². The van der Waals surface area contributed by atoms with Crippen molar-refractivity contribution in [2.45, 2.75) is 37.9 Å². The van der Waals surface area contributed by atoms with E-state index in [0.29, 0.717) is 12.5 Å². The van der Waals surface area contributed by atoms with E-state index in [1.165, 1.54) is 36.8 Å². The van der Waals surface area contributed by atoms with Crippen LogP contribution in [0.3, 0.4) is 0 Å². The second-order valence-corrected chi connectivity index (χ2v) is 7.00. The molecule has 0 saturated heterocycles. The highest BCUT2D eigenvalue weighted by atomic mass is 16.5. The molecule has 0 amide bonds. The van der Waals surface area contributed by atoms with Crippen LogP contribution in [0.1, 0.15) is 36.8 Å². The minimum Gasteiger partial charge on any atom is -0.457 e.